The number of pyridine rings is 2. The summed E-state index contributed by atoms with van der Waals surface area (Å²) in [5.74, 6) is -0.562. The number of hydrogen-bond acceptors (Lipinski definition) is 3. The van der Waals surface area contributed by atoms with E-state index in [4.69, 9.17) is 4.74 Å². The molecule has 2 aromatic rings. The number of hydrogen-bond donors (Lipinski definition) is 0. The molecule has 2 rings (SSSR count). The number of aromatic nitrogens is 2. The Morgan fingerprint density at radius 3 is 1.43 bits per heavy atom. The molecule has 2 aromatic heterocycles. The minimum absolute atomic E-state index is 0.281. The van der Waals surface area contributed by atoms with Crippen molar-refractivity contribution in [3.63, 3.8) is 0 Å². The van der Waals surface area contributed by atoms with Gasteiger partial charge in [0.15, 0.2) is 0 Å². The summed E-state index contributed by atoms with van der Waals surface area (Å²) in [5, 5.41) is 0. The molecule has 0 spiro atoms. The lowest BCUT2D eigenvalue weighted by Gasteiger charge is -2.10. The van der Waals surface area contributed by atoms with Crippen LogP contribution in [-0.2, 0) is 12.4 Å². The first-order chi connectivity index (χ1) is 9.66. The normalized spacial score (nSPS) is 12.3. The molecule has 0 unspecified atom stereocenters. The Morgan fingerprint density at radius 2 is 1.10 bits per heavy atom. The van der Waals surface area contributed by atoms with Crippen LogP contribution in [0.2, 0.25) is 0 Å². The van der Waals surface area contributed by atoms with Crippen LogP contribution in [-0.4, -0.2) is 9.97 Å². The van der Waals surface area contributed by atoms with Gasteiger partial charge in [-0.25, -0.2) is 0 Å². The van der Waals surface area contributed by atoms with E-state index in [-0.39, 0.29) is 11.5 Å². The van der Waals surface area contributed by atoms with Crippen molar-refractivity contribution in [2.75, 3.05) is 0 Å². The van der Waals surface area contributed by atoms with Crippen LogP contribution in [0.5, 0.6) is 11.5 Å². The van der Waals surface area contributed by atoms with E-state index in [0.717, 1.165) is 24.5 Å². The summed E-state index contributed by atoms with van der Waals surface area (Å²) in [6, 6.07) is 3.38. The van der Waals surface area contributed by atoms with E-state index < -0.39 is 23.7 Å². The van der Waals surface area contributed by atoms with E-state index >= 15 is 0 Å². The predicted octanol–water partition coefficient (Wildman–Crippen LogP) is 4.31. The molecule has 0 aliphatic carbocycles. The van der Waals surface area contributed by atoms with Crippen LogP contribution in [0.4, 0.5) is 26.3 Å². The first-order valence-electron chi connectivity index (χ1n) is 5.40. The Morgan fingerprint density at radius 1 is 0.714 bits per heavy atom. The molecular formula is C12H6F6N2O. The van der Waals surface area contributed by atoms with Gasteiger partial charge in [-0.3, -0.25) is 9.97 Å². The van der Waals surface area contributed by atoms with Crippen LogP contribution in [0.15, 0.2) is 36.7 Å². The maximum absolute atomic E-state index is 12.5. The van der Waals surface area contributed by atoms with E-state index in [2.05, 4.69) is 9.97 Å². The Labute approximate surface area is 114 Å². The maximum atomic E-state index is 12.5. The summed E-state index contributed by atoms with van der Waals surface area (Å²) in [5.41, 5.74) is -2.41. The van der Waals surface area contributed by atoms with E-state index in [1.165, 1.54) is 0 Å². The zero-order chi connectivity index (χ0) is 15.7. The highest BCUT2D eigenvalue weighted by Gasteiger charge is 2.34. The summed E-state index contributed by atoms with van der Waals surface area (Å²) >= 11 is 0. The topological polar surface area (TPSA) is 35.0 Å². The molecule has 2 heterocycles. The minimum Gasteiger partial charge on any atom is -0.457 e. The molecule has 21 heavy (non-hydrogen) atoms. The Balaban J connectivity index is 2.27. The smallest absolute Gasteiger partial charge is 0.433 e. The molecule has 0 saturated heterocycles. The predicted molar refractivity (Wildman–Crippen MR) is 58.6 cm³/mol. The van der Waals surface area contributed by atoms with Crippen LogP contribution in [0, 0.1) is 0 Å². The third kappa shape index (κ3) is 3.83. The third-order valence-corrected chi connectivity index (χ3v) is 2.28. The average molecular weight is 308 g/mol. The molecule has 9 heteroatoms. The van der Waals surface area contributed by atoms with Gasteiger partial charge in [0.1, 0.15) is 22.9 Å². The van der Waals surface area contributed by atoms with Crippen molar-refractivity contribution in [1.82, 2.24) is 9.97 Å². The zero-order valence-corrected chi connectivity index (χ0v) is 10.0. The van der Waals surface area contributed by atoms with Crippen molar-refractivity contribution < 1.29 is 31.1 Å². The molecule has 0 aliphatic heterocycles. The maximum Gasteiger partial charge on any atom is 0.433 e. The highest BCUT2D eigenvalue weighted by Crippen LogP contribution is 2.33. The van der Waals surface area contributed by atoms with Gasteiger partial charge in [-0.2, -0.15) is 26.3 Å². The second kappa shape index (κ2) is 5.23. The van der Waals surface area contributed by atoms with Gasteiger partial charge in [0.25, 0.3) is 0 Å². The second-order valence-electron chi connectivity index (χ2n) is 3.85. The fraction of sp³-hybridized carbons (Fsp3) is 0.167. The van der Waals surface area contributed by atoms with Crippen LogP contribution in [0.1, 0.15) is 11.4 Å². The fourth-order valence-corrected chi connectivity index (χ4v) is 1.40. The summed E-state index contributed by atoms with van der Waals surface area (Å²) in [6.07, 6.45) is -7.64. The number of alkyl halides is 6. The van der Waals surface area contributed by atoms with Crippen molar-refractivity contribution in [2.24, 2.45) is 0 Å². The SMILES string of the molecule is FC(F)(F)c1cc(Oc2ccnc(C(F)(F)F)c2)ccn1. The first-order valence-corrected chi connectivity index (χ1v) is 5.40. The molecule has 0 aliphatic rings. The Bertz CT molecular complexity index is 583. The molecule has 3 nitrogen and oxygen atoms in total. The molecule has 0 fully saturated rings. The van der Waals surface area contributed by atoms with Gasteiger partial charge in [-0.05, 0) is 12.1 Å². The van der Waals surface area contributed by atoms with Crippen LogP contribution >= 0.6 is 0 Å². The molecule has 112 valence electrons. The van der Waals surface area contributed by atoms with Gasteiger partial charge in [-0.15, -0.1) is 0 Å². The number of ether oxygens (including phenoxy) is 1. The Kier molecular flexibility index (Phi) is 3.75. The van der Waals surface area contributed by atoms with Crippen molar-refractivity contribution >= 4 is 0 Å². The van der Waals surface area contributed by atoms with E-state index in [1.807, 2.05) is 0 Å². The third-order valence-electron chi connectivity index (χ3n) is 2.28. The lowest BCUT2D eigenvalue weighted by Crippen LogP contribution is -2.08. The standard InChI is InChI=1S/C12H6F6N2O/c13-11(14,15)9-5-7(1-3-19-9)21-8-2-4-20-10(6-8)12(16,17)18/h1-6H. The highest BCUT2D eigenvalue weighted by molar-refractivity contribution is 5.32. The molecule has 0 aromatic carbocycles. The van der Waals surface area contributed by atoms with Crippen LogP contribution in [0.25, 0.3) is 0 Å². The van der Waals surface area contributed by atoms with Crippen LogP contribution < -0.4 is 4.74 Å². The average Bonchev–Trinajstić information content (AvgIpc) is 2.37. The van der Waals surface area contributed by atoms with Gasteiger partial charge in [0.2, 0.25) is 0 Å². The largest absolute Gasteiger partial charge is 0.457 e. The molecule has 0 atom stereocenters. The fourth-order valence-electron chi connectivity index (χ4n) is 1.40. The summed E-state index contributed by atoms with van der Waals surface area (Å²) in [6.45, 7) is 0. The molecule has 0 amide bonds. The van der Waals surface area contributed by atoms with Crippen LogP contribution in [0.3, 0.4) is 0 Å². The number of nitrogens with zero attached hydrogens (tertiary/aromatic N) is 2. The van der Waals surface area contributed by atoms with Crippen molar-refractivity contribution in [2.45, 2.75) is 12.4 Å². The van der Waals surface area contributed by atoms with Gasteiger partial charge >= 0.3 is 12.4 Å². The number of rotatable bonds is 2. The van der Waals surface area contributed by atoms with Gasteiger partial charge in [0.05, 0.1) is 0 Å². The Hall–Kier alpha value is -2.32. The van der Waals surface area contributed by atoms with Crippen molar-refractivity contribution in [3.05, 3.63) is 48.0 Å². The van der Waals surface area contributed by atoms with Gasteiger partial charge < -0.3 is 4.74 Å². The van der Waals surface area contributed by atoms with Crippen molar-refractivity contribution in [1.29, 1.82) is 0 Å². The second-order valence-corrected chi connectivity index (χ2v) is 3.85. The molecule has 0 bridgehead atoms. The molecular weight excluding hydrogens is 302 g/mol. The number of halogens is 6. The minimum atomic E-state index is -4.67. The molecule has 0 saturated carbocycles. The monoisotopic (exact) mass is 308 g/mol. The summed E-state index contributed by atoms with van der Waals surface area (Å²) in [7, 11) is 0. The first kappa shape index (κ1) is 15.1. The quantitative estimate of drug-likeness (QED) is 0.776. The van der Waals surface area contributed by atoms with E-state index in [0.29, 0.717) is 12.1 Å². The summed E-state index contributed by atoms with van der Waals surface area (Å²) < 4.78 is 79.7. The van der Waals surface area contributed by atoms with Gasteiger partial charge in [-0.1, -0.05) is 0 Å². The lowest BCUT2D eigenvalue weighted by atomic mass is 10.3. The summed E-state index contributed by atoms with van der Waals surface area (Å²) in [4.78, 5) is 6.22. The van der Waals surface area contributed by atoms with E-state index in [1.54, 1.807) is 0 Å². The van der Waals surface area contributed by atoms with Crippen molar-refractivity contribution in [3.8, 4) is 11.5 Å². The van der Waals surface area contributed by atoms with E-state index in [9.17, 15) is 26.3 Å². The zero-order valence-electron chi connectivity index (χ0n) is 10.0. The van der Waals surface area contributed by atoms with Gasteiger partial charge in [0, 0.05) is 24.5 Å². The molecule has 0 radical (unpaired) electrons. The molecule has 0 N–H and O–H groups in total. The highest BCUT2D eigenvalue weighted by atomic mass is 19.4. The lowest BCUT2D eigenvalue weighted by molar-refractivity contribution is -0.141.